The van der Waals surface area contributed by atoms with Gasteiger partial charge in [-0.25, -0.2) is 4.98 Å². The third-order valence-electron chi connectivity index (χ3n) is 2.35. The number of thiazole rings is 1. The molecule has 2 rings (SSSR count). The first-order valence-corrected chi connectivity index (χ1v) is 5.38. The lowest BCUT2D eigenvalue weighted by atomic mass is 10.0. The third-order valence-corrected chi connectivity index (χ3v) is 3.18. The van der Waals surface area contributed by atoms with Crippen LogP contribution in [0.3, 0.4) is 0 Å². The van der Waals surface area contributed by atoms with Crippen molar-refractivity contribution < 1.29 is 0 Å². The van der Waals surface area contributed by atoms with Crippen molar-refractivity contribution in [2.45, 2.75) is 19.8 Å². The first-order chi connectivity index (χ1) is 5.86. The molecule has 0 amide bonds. The fraction of sp³-hybridized carbons (Fsp3) is 0.667. The van der Waals surface area contributed by atoms with Gasteiger partial charge in [0.05, 0.1) is 0 Å². The summed E-state index contributed by atoms with van der Waals surface area (Å²) >= 11 is 1.75. The van der Waals surface area contributed by atoms with Crippen molar-refractivity contribution in [3.63, 3.8) is 0 Å². The molecule has 3 heteroatoms. The SMILES string of the molecule is CC1CCCN(c2nccs2)C1. The molecule has 0 aromatic carbocycles. The normalized spacial score (nSPS) is 24.4. The fourth-order valence-corrected chi connectivity index (χ4v) is 2.42. The zero-order valence-corrected chi connectivity index (χ0v) is 8.18. The van der Waals surface area contributed by atoms with Gasteiger partial charge in [0.15, 0.2) is 5.13 Å². The van der Waals surface area contributed by atoms with Crippen LogP contribution in [-0.4, -0.2) is 18.1 Å². The van der Waals surface area contributed by atoms with Gasteiger partial charge in [-0.2, -0.15) is 0 Å². The first kappa shape index (κ1) is 8.05. The molecule has 1 aliphatic rings. The Bertz CT molecular complexity index is 233. The molecule has 1 unspecified atom stereocenters. The topological polar surface area (TPSA) is 16.1 Å². The smallest absolute Gasteiger partial charge is 0.185 e. The van der Waals surface area contributed by atoms with Crippen LogP contribution in [0.5, 0.6) is 0 Å². The molecule has 0 radical (unpaired) electrons. The highest BCUT2D eigenvalue weighted by atomic mass is 32.1. The van der Waals surface area contributed by atoms with E-state index in [0.717, 1.165) is 5.92 Å². The molecule has 12 heavy (non-hydrogen) atoms. The Labute approximate surface area is 77.2 Å². The summed E-state index contributed by atoms with van der Waals surface area (Å²) in [7, 11) is 0. The Morgan fingerprint density at radius 1 is 1.67 bits per heavy atom. The van der Waals surface area contributed by atoms with Crippen LogP contribution in [0, 0.1) is 5.92 Å². The molecular weight excluding hydrogens is 168 g/mol. The Morgan fingerprint density at radius 3 is 3.25 bits per heavy atom. The maximum Gasteiger partial charge on any atom is 0.185 e. The van der Waals surface area contributed by atoms with Gasteiger partial charge >= 0.3 is 0 Å². The van der Waals surface area contributed by atoms with Crippen LogP contribution in [0.15, 0.2) is 11.6 Å². The summed E-state index contributed by atoms with van der Waals surface area (Å²) in [5.41, 5.74) is 0. The minimum absolute atomic E-state index is 0.836. The van der Waals surface area contributed by atoms with E-state index in [0.29, 0.717) is 0 Å². The quantitative estimate of drug-likeness (QED) is 0.663. The number of rotatable bonds is 1. The molecule has 0 N–H and O–H groups in total. The molecule has 2 nitrogen and oxygen atoms in total. The van der Waals surface area contributed by atoms with Crippen LogP contribution in [0.2, 0.25) is 0 Å². The van der Waals surface area contributed by atoms with Crippen molar-refractivity contribution in [3.05, 3.63) is 11.6 Å². The number of hydrogen-bond donors (Lipinski definition) is 0. The summed E-state index contributed by atoms with van der Waals surface area (Å²) in [4.78, 5) is 6.72. The maximum absolute atomic E-state index is 4.32. The Morgan fingerprint density at radius 2 is 2.58 bits per heavy atom. The van der Waals surface area contributed by atoms with Crippen LogP contribution in [-0.2, 0) is 0 Å². The molecule has 0 aliphatic carbocycles. The summed E-state index contributed by atoms with van der Waals surface area (Å²) < 4.78 is 0. The van der Waals surface area contributed by atoms with Gasteiger partial charge < -0.3 is 4.90 Å². The fourth-order valence-electron chi connectivity index (χ4n) is 1.74. The summed E-state index contributed by atoms with van der Waals surface area (Å²) in [6.07, 6.45) is 4.59. The van der Waals surface area contributed by atoms with E-state index in [1.807, 2.05) is 6.20 Å². The van der Waals surface area contributed by atoms with Crippen LogP contribution in [0.25, 0.3) is 0 Å². The van der Waals surface area contributed by atoms with E-state index >= 15 is 0 Å². The van der Waals surface area contributed by atoms with Crippen molar-refractivity contribution in [1.29, 1.82) is 0 Å². The summed E-state index contributed by atoms with van der Waals surface area (Å²) in [6.45, 7) is 4.70. The van der Waals surface area contributed by atoms with Gasteiger partial charge in [-0.15, -0.1) is 11.3 Å². The van der Waals surface area contributed by atoms with Crippen LogP contribution in [0.4, 0.5) is 5.13 Å². The van der Waals surface area contributed by atoms with E-state index in [4.69, 9.17) is 0 Å². The van der Waals surface area contributed by atoms with Crippen molar-refractivity contribution in [2.24, 2.45) is 5.92 Å². The number of aromatic nitrogens is 1. The molecule has 1 atom stereocenters. The predicted molar refractivity (Wildman–Crippen MR) is 52.7 cm³/mol. The lowest BCUT2D eigenvalue weighted by Crippen LogP contribution is -2.33. The second-order valence-corrected chi connectivity index (χ2v) is 4.38. The number of hydrogen-bond acceptors (Lipinski definition) is 3. The summed E-state index contributed by atoms with van der Waals surface area (Å²) in [6, 6.07) is 0. The lowest BCUT2D eigenvalue weighted by Gasteiger charge is -2.30. The van der Waals surface area contributed by atoms with E-state index in [9.17, 15) is 0 Å². The molecule has 1 saturated heterocycles. The predicted octanol–water partition coefficient (Wildman–Crippen LogP) is 2.38. The molecular formula is C9H14N2S. The van der Waals surface area contributed by atoms with Gasteiger partial charge in [0, 0.05) is 24.7 Å². The van der Waals surface area contributed by atoms with E-state index < -0.39 is 0 Å². The lowest BCUT2D eigenvalue weighted by molar-refractivity contribution is 0.446. The van der Waals surface area contributed by atoms with E-state index in [-0.39, 0.29) is 0 Å². The Kier molecular flexibility index (Phi) is 2.30. The molecule has 1 aliphatic heterocycles. The van der Waals surface area contributed by atoms with Gasteiger partial charge in [0.25, 0.3) is 0 Å². The second-order valence-electron chi connectivity index (χ2n) is 3.51. The highest BCUT2D eigenvalue weighted by molar-refractivity contribution is 7.13. The van der Waals surface area contributed by atoms with Crippen molar-refractivity contribution in [1.82, 2.24) is 4.98 Å². The van der Waals surface area contributed by atoms with Crippen molar-refractivity contribution in [3.8, 4) is 0 Å². The standard InChI is InChI=1S/C9H14N2S/c1-8-3-2-5-11(7-8)9-10-4-6-12-9/h4,6,8H,2-3,5,7H2,1H3. The van der Waals surface area contributed by atoms with Crippen LogP contribution < -0.4 is 4.90 Å². The van der Waals surface area contributed by atoms with Crippen LogP contribution >= 0.6 is 11.3 Å². The van der Waals surface area contributed by atoms with E-state index in [1.165, 1.54) is 31.1 Å². The van der Waals surface area contributed by atoms with Crippen molar-refractivity contribution in [2.75, 3.05) is 18.0 Å². The molecule has 1 aromatic heterocycles. The first-order valence-electron chi connectivity index (χ1n) is 4.50. The van der Waals surface area contributed by atoms with Gasteiger partial charge in [-0.1, -0.05) is 6.92 Å². The molecule has 1 aromatic rings. The Balaban J connectivity index is 2.04. The molecule has 66 valence electrons. The zero-order chi connectivity index (χ0) is 8.39. The average Bonchev–Trinajstić information content (AvgIpc) is 2.56. The molecule has 0 saturated carbocycles. The highest BCUT2D eigenvalue weighted by Gasteiger charge is 2.17. The summed E-state index contributed by atoms with van der Waals surface area (Å²) in [5, 5.41) is 3.25. The molecule has 0 spiro atoms. The summed E-state index contributed by atoms with van der Waals surface area (Å²) in [5.74, 6) is 0.836. The van der Waals surface area contributed by atoms with Gasteiger partial charge in [0.1, 0.15) is 0 Å². The zero-order valence-electron chi connectivity index (χ0n) is 7.36. The van der Waals surface area contributed by atoms with Gasteiger partial charge in [-0.3, -0.25) is 0 Å². The number of anilines is 1. The van der Waals surface area contributed by atoms with Crippen molar-refractivity contribution >= 4 is 16.5 Å². The Hall–Kier alpha value is -0.570. The monoisotopic (exact) mass is 182 g/mol. The van der Waals surface area contributed by atoms with Gasteiger partial charge in [-0.05, 0) is 18.8 Å². The minimum atomic E-state index is 0.836. The largest absolute Gasteiger partial charge is 0.348 e. The molecule has 0 bridgehead atoms. The van der Waals surface area contributed by atoms with E-state index in [1.54, 1.807) is 11.3 Å². The molecule has 1 fully saturated rings. The average molecular weight is 182 g/mol. The number of nitrogens with zero attached hydrogens (tertiary/aromatic N) is 2. The molecule has 2 heterocycles. The maximum atomic E-state index is 4.32. The minimum Gasteiger partial charge on any atom is -0.348 e. The highest BCUT2D eigenvalue weighted by Crippen LogP contribution is 2.24. The van der Waals surface area contributed by atoms with Gasteiger partial charge in [0.2, 0.25) is 0 Å². The van der Waals surface area contributed by atoms with E-state index in [2.05, 4.69) is 22.2 Å². The number of piperidine rings is 1. The second kappa shape index (κ2) is 3.44. The van der Waals surface area contributed by atoms with Crippen LogP contribution in [0.1, 0.15) is 19.8 Å². The third kappa shape index (κ3) is 1.61.